The van der Waals surface area contributed by atoms with Crippen LogP contribution in [0, 0.1) is 0 Å². The van der Waals surface area contributed by atoms with Crippen LogP contribution in [0.5, 0.6) is 0 Å². The molecule has 0 saturated carbocycles. The molecule has 0 saturated heterocycles. The van der Waals surface area contributed by atoms with E-state index in [2.05, 4.69) is 4.98 Å². The van der Waals surface area contributed by atoms with Gasteiger partial charge in [-0.05, 0) is 37.3 Å². The first kappa shape index (κ1) is 17.3. The van der Waals surface area contributed by atoms with Crippen LogP contribution in [0.1, 0.15) is 19.9 Å². The van der Waals surface area contributed by atoms with Crippen molar-refractivity contribution < 1.29 is 9.59 Å². The Kier molecular flexibility index (Phi) is 4.53. The van der Waals surface area contributed by atoms with Crippen LogP contribution >= 0.6 is 0 Å². The Morgan fingerprint density at radius 1 is 1.12 bits per heavy atom. The smallest absolute Gasteiger partial charge is 0.259 e. The van der Waals surface area contributed by atoms with Crippen LogP contribution in [-0.2, 0) is 9.59 Å². The number of primary amides is 1. The van der Waals surface area contributed by atoms with E-state index in [0.717, 1.165) is 0 Å². The summed E-state index contributed by atoms with van der Waals surface area (Å²) in [5, 5.41) is 0.978. The molecule has 0 aliphatic carbocycles. The molecule has 7 nitrogen and oxygen atoms in total. The fourth-order valence-electron chi connectivity index (χ4n) is 2.85. The number of benzene rings is 1. The van der Waals surface area contributed by atoms with Gasteiger partial charge in [-0.3, -0.25) is 19.3 Å². The van der Waals surface area contributed by atoms with Gasteiger partial charge >= 0.3 is 0 Å². The lowest BCUT2D eigenvalue weighted by molar-refractivity contribution is -0.120. The summed E-state index contributed by atoms with van der Waals surface area (Å²) in [5.74, 6) is -0.366. The summed E-state index contributed by atoms with van der Waals surface area (Å²) in [5.41, 5.74) is 5.51. The normalized spacial score (nSPS) is 11.9. The number of nitrogens with zero attached hydrogens (tertiary/aromatic N) is 3. The molecule has 0 fully saturated rings. The minimum atomic E-state index is -0.768. The number of nitrogens with two attached hydrogens (primary N) is 1. The molecule has 1 atom stereocenters. The van der Waals surface area contributed by atoms with Gasteiger partial charge in [0.2, 0.25) is 11.8 Å². The lowest BCUT2D eigenvalue weighted by Gasteiger charge is -2.22. The molecular weight excluding hydrogens is 332 g/mol. The van der Waals surface area contributed by atoms with Crippen molar-refractivity contribution in [1.82, 2.24) is 9.55 Å². The van der Waals surface area contributed by atoms with Gasteiger partial charge in [0.15, 0.2) is 0 Å². The van der Waals surface area contributed by atoms with Crippen molar-refractivity contribution in [3.8, 4) is 0 Å². The molecule has 2 amide bonds. The summed E-state index contributed by atoms with van der Waals surface area (Å²) in [4.78, 5) is 42.2. The number of rotatable bonds is 4. The summed E-state index contributed by atoms with van der Waals surface area (Å²) in [6, 6.07) is 11.3. The van der Waals surface area contributed by atoms with E-state index >= 15 is 0 Å². The quantitative estimate of drug-likeness (QED) is 0.779. The molecule has 132 valence electrons. The molecular formula is C19H18N4O3. The van der Waals surface area contributed by atoms with E-state index in [1.54, 1.807) is 55.6 Å². The molecule has 3 aromatic rings. The van der Waals surface area contributed by atoms with Crippen LogP contribution in [0.3, 0.4) is 0 Å². The first-order valence-electron chi connectivity index (χ1n) is 8.06. The lowest BCUT2D eigenvalue weighted by atomic mass is 10.1. The van der Waals surface area contributed by atoms with Crippen molar-refractivity contribution >= 4 is 34.1 Å². The Labute approximate surface area is 149 Å². The Hall–Kier alpha value is -3.48. The van der Waals surface area contributed by atoms with Crippen LogP contribution in [0.4, 0.5) is 11.5 Å². The number of aromatic nitrogens is 2. The average molecular weight is 350 g/mol. The zero-order chi connectivity index (χ0) is 18.8. The second-order valence-electron chi connectivity index (χ2n) is 5.89. The maximum absolute atomic E-state index is 12.8. The van der Waals surface area contributed by atoms with Gasteiger partial charge < -0.3 is 10.3 Å². The monoisotopic (exact) mass is 350 g/mol. The topological polar surface area (TPSA) is 98.3 Å². The van der Waals surface area contributed by atoms with E-state index in [0.29, 0.717) is 22.3 Å². The van der Waals surface area contributed by atoms with Gasteiger partial charge in [0.05, 0.1) is 5.69 Å². The third kappa shape index (κ3) is 2.95. The van der Waals surface area contributed by atoms with Crippen LogP contribution in [-0.4, -0.2) is 21.4 Å². The maximum atomic E-state index is 12.8. The molecule has 2 heterocycles. The summed E-state index contributed by atoms with van der Waals surface area (Å²) < 4.78 is 1.29. The van der Waals surface area contributed by atoms with Gasteiger partial charge in [0.25, 0.3) is 5.56 Å². The molecule has 0 aliphatic rings. The van der Waals surface area contributed by atoms with Crippen molar-refractivity contribution in [2.24, 2.45) is 5.73 Å². The summed E-state index contributed by atoms with van der Waals surface area (Å²) >= 11 is 0. The maximum Gasteiger partial charge on any atom is 0.259 e. The Balaban J connectivity index is 2.25. The molecule has 0 bridgehead atoms. The van der Waals surface area contributed by atoms with E-state index in [4.69, 9.17) is 5.73 Å². The molecule has 7 heteroatoms. The van der Waals surface area contributed by atoms with Crippen molar-refractivity contribution in [1.29, 1.82) is 0 Å². The second kappa shape index (κ2) is 6.79. The van der Waals surface area contributed by atoms with Crippen molar-refractivity contribution in [3.63, 3.8) is 0 Å². The molecule has 1 unspecified atom stereocenters. The van der Waals surface area contributed by atoms with Crippen LogP contribution in [0.2, 0.25) is 0 Å². The van der Waals surface area contributed by atoms with E-state index in [-0.39, 0.29) is 11.5 Å². The molecule has 0 aliphatic heterocycles. The zero-order valence-corrected chi connectivity index (χ0v) is 14.4. The largest absolute Gasteiger partial charge is 0.368 e. The Bertz CT molecular complexity index is 1040. The number of carbonyl (C=O) groups is 2. The molecule has 2 N–H and O–H groups in total. The minimum Gasteiger partial charge on any atom is -0.368 e. The lowest BCUT2D eigenvalue weighted by Crippen LogP contribution is -2.32. The number of carbonyl (C=O) groups excluding carboxylic acids is 2. The summed E-state index contributed by atoms with van der Waals surface area (Å²) in [6.45, 7) is 3.00. The van der Waals surface area contributed by atoms with Gasteiger partial charge in [0, 0.05) is 30.1 Å². The SMILES string of the molecule is CC(=O)N(c1ccccn1)c1cccc2c(=O)n(C(C)C(N)=O)ccc12. The van der Waals surface area contributed by atoms with Gasteiger partial charge in [-0.25, -0.2) is 4.98 Å². The number of fused-ring (bicyclic) bond motifs is 1. The minimum absolute atomic E-state index is 0.231. The Morgan fingerprint density at radius 2 is 1.88 bits per heavy atom. The predicted molar refractivity (Wildman–Crippen MR) is 99.2 cm³/mol. The van der Waals surface area contributed by atoms with E-state index in [1.165, 1.54) is 22.6 Å². The molecule has 2 aromatic heterocycles. The van der Waals surface area contributed by atoms with Crippen molar-refractivity contribution in [2.75, 3.05) is 4.90 Å². The first-order chi connectivity index (χ1) is 12.4. The predicted octanol–water partition coefficient (Wildman–Crippen LogP) is 2.13. The van der Waals surface area contributed by atoms with Crippen molar-refractivity contribution in [3.05, 3.63) is 65.2 Å². The van der Waals surface area contributed by atoms with Crippen LogP contribution < -0.4 is 16.2 Å². The third-order valence-electron chi connectivity index (χ3n) is 4.21. The highest BCUT2D eigenvalue weighted by atomic mass is 16.2. The molecule has 0 radical (unpaired) electrons. The highest BCUT2D eigenvalue weighted by Crippen LogP contribution is 2.30. The standard InChI is InChI=1S/C19H18N4O3/c1-12(18(20)25)22-11-9-14-15(19(22)26)6-5-7-16(14)23(13(2)24)17-8-3-4-10-21-17/h3-12H,1-2H3,(H2,20,25). The molecule has 0 spiro atoms. The highest BCUT2D eigenvalue weighted by Gasteiger charge is 2.20. The molecule has 3 rings (SSSR count). The van der Waals surface area contributed by atoms with E-state index < -0.39 is 11.9 Å². The Morgan fingerprint density at radius 3 is 2.50 bits per heavy atom. The second-order valence-corrected chi connectivity index (χ2v) is 5.89. The van der Waals surface area contributed by atoms with Crippen LogP contribution in [0.15, 0.2) is 59.7 Å². The molecule has 26 heavy (non-hydrogen) atoms. The number of pyridine rings is 2. The van der Waals surface area contributed by atoms with Gasteiger partial charge in [0.1, 0.15) is 11.9 Å². The van der Waals surface area contributed by atoms with E-state index in [1.807, 2.05) is 0 Å². The fraction of sp³-hybridized carbons (Fsp3) is 0.158. The van der Waals surface area contributed by atoms with E-state index in [9.17, 15) is 14.4 Å². The third-order valence-corrected chi connectivity index (χ3v) is 4.21. The average Bonchev–Trinajstić information content (AvgIpc) is 2.62. The molecule has 1 aromatic carbocycles. The zero-order valence-electron chi connectivity index (χ0n) is 14.4. The number of hydrogen-bond donors (Lipinski definition) is 1. The number of amides is 2. The van der Waals surface area contributed by atoms with Gasteiger partial charge in [-0.15, -0.1) is 0 Å². The van der Waals surface area contributed by atoms with Crippen molar-refractivity contribution in [2.45, 2.75) is 19.9 Å². The van der Waals surface area contributed by atoms with Gasteiger partial charge in [-0.2, -0.15) is 0 Å². The van der Waals surface area contributed by atoms with Crippen LogP contribution in [0.25, 0.3) is 10.8 Å². The number of anilines is 2. The fourth-order valence-corrected chi connectivity index (χ4v) is 2.85. The summed E-state index contributed by atoms with van der Waals surface area (Å²) in [7, 11) is 0. The number of hydrogen-bond acceptors (Lipinski definition) is 4. The van der Waals surface area contributed by atoms with Gasteiger partial charge in [-0.1, -0.05) is 12.1 Å². The summed E-state index contributed by atoms with van der Waals surface area (Å²) in [6.07, 6.45) is 3.11. The highest BCUT2D eigenvalue weighted by molar-refractivity contribution is 6.06. The first-order valence-corrected chi connectivity index (χ1v) is 8.06.